The van der Waals surface area contributed by atoms with Crippen LogP contribution in [0, 0.1) is 0 Å². The van der Waals surface area contributed by atoms with Crippen LogP contribution in [0.2, 0.25) is 0 Å². The van der Waals surface area contributed by atoms with E-state index in [-0.39, 0.29) is 11.6 Å². The second-order valence-corrected chi connectivity index (χ2v) is 6.33. The van der Waals surface area contributed by atoms with Gasteiger partial charge in [0.2, 0.25) is 0 Å². The van der Waals surface area contributed by atoms with E-state index in [0.29, 0.717) is 5.92 Å². The number of carbonyl (C=O) groups is 1. The van der Waals surface area contributed by atoms with Crippen LogP contribution in [0.5, 0.6) is 0 Å². The summed E-state index contributed by atoms with van der Waals surface area (Å²) in [4.78, 5) is 10.2. The molecule has 18 heavy (non-hydrogen) atoms. The number of hydrogen-bond donors (Lipinski definition) is 0. The Bertz CT molecular complexity index is 361. The lowest BCUT2D eigenvalue weighted by Gasteiger charge is -2.17. The fourth-order valence-corrected chi connectivity index (χ4v) is 1.54. The first-order valence-electron chi connectivity index (χ1n) is 6.07. The van der Waals surface area contributed by atoms with Crippen molar-refractivity contribution in [1.29, 1.82) is 0 Å². The summed E-state index contributed by atoms with van der Waals surface area (Å²) in [6.07, 6.45) is 0. The Morgan fingerprint density at radius 1 is 1.17 bits per heavy atom. The summed E-state index contributed by atoms with van der Waals surface area (Å²) in [7, 11) is 0. The fourth-order valence-electron chi connectivity index (χ4n) is 1.28. The van der Waals surface area contributed by atoms with E-state index in [1.54, 1.807) is 0 Å². The topological polar surface area (TPSA) is 26.3 Å². The molecule has 0 bridgehead atoms. The molecule has 0 aliphatic heterocycles. The van der Waals surface area contributed by atoms with E-state index < -0.39 is 0 Å². The highest BCUT2D eigenvalue weighted by atomic mass is 79.9. The van der Waals surface area contributed by atoms with Gasteiger partial charge in [-0.2, -0.15) is 0 Å². The maximum absolute atomic E-state index is 10.2. The van der Waals surface area contributed by atoms with Gasteiger partial charge < -0.3 is 4.74 Å². The molecule has 0 atom stereocenters. The van der Waals surface area contributed by atoms with Gasteiger partial charge in [-0.1, -0.05) is 41.9 Å². The summed E-state index contributed by atoms with van der Waals surface area (Å²) in [5.41, 5.74) is 1.06. The third kappa shape index (κ3) is 9.23. The number of esters is 1. The van der Waals surface area contributed by atoms with Gasteiger partial charge in [0.05, 0.1) is 0 Å². The van der Waals surface area contributed by atoms with Crippen molar-refractivity contribution in [3.05, 3.63) is 34.3 Å². The zero-order valence-electron chi connectivity index (χ0n) is 12.1. The Labute approximate surface area is 119 Å². The minimum absolute atomic E-state index is 0.225. The van der Waals surface area contributed by atoms with Crippen molar-refractivity contribution in [2.24, 2.45) is 0 Å². The number of rotatable bonds is 1. The molecule has 0 N–H and O–H groups in total. The Hall–Kier alpha value is -0.830. The van der Waals surface area contributed by atoms with Crippen molar-refractivity contribution in [2.45, 2.75) is 53.1 Å². The molecule has 0 aliphatic carbocycles. The van der Waals surface area contributed by atoms with Gasteiger partial charge in [0.15, 0.2) is 0 Å². The number of halogens is 1. The summed E-state index contributed by atoms with van der Waals surface area (Å²) in [6, 6.07) is 8.45. The van der Waals surface area contributed by atoms with Gasteiger partial charge in [-0.15, -0.1) is 0 Å². The van der Waals surface area contributed by atoms with Crippen LogP contribution in [-0.2, 0) is 9.53 Å². The smallest absolute Gasteiger partial charge is 0.303 e. The average molecular weight is 315 g/mol. The molecular formula is C15H23BrO2. The van der Waals surface area contributed by atoms with Crippen molar-refractivity contribution in [3.63, 3.8) is 0 Å². The highest BCUT2D eigenvalue weighted by Crippen LogP contribution is 2.17. The average Bonchev–Trinajstić information content (AvgIpc) is 2.15. The highest BCUT2D eigenvalue weighted by molar-refractivity contribution is 9.10. The number of hydrogen-bond acceptors (Lipinski definition) is 2. The Kier molecular flexibility index (Phi) is 7.22. The first kappa shape index (κ1) is 17.2. The normalized spacial score (nSPS) is 10.7. The molecule has 102 valence electrons. The van der Waals surface area contributed by atoms with Gasteiger partial charge in [-0.05, 0) is 44.4 Å². The van der Waals surface area contributed by atoms with Gasteiger partial charge in [-0.25, -0.2) is 0 Å². The first-order chi connectivity index (χ1) is 8.11. The van der Waals surface area contributed by atoms with Gasteiger partial charge in [-0.3, -0.25) is 4.79 Å². The van der Waals surface area contributed by atoms with Crippen LogP contribution in [0.15, 0.2) is 28.7 Å². The molecule has 0 saturated heterocycles. The molecule has 0 saturated carbocycles. The predicted molar refractivity (Wildman–Crippen MR) is 79.8 cm³/mol. The lowest BCUT2D eigenvalue weighted by molar-refractivity contribution is -0.151. The van der Waals surface area contributed by atoms with Crippen LogP contribution >= 0.6 is 15.9 Å². The third-order valence-electron chi connectivity index (χ3n) is 1.99. The van der Waals surface area contributed by atoms with Gasteiger partial charge in [0.25, 0.3) is 0 Å². The van der Waals surface area contributed by atoms with E-state index in [1.165, 1.54) is 12.5 Å². The molecule has 0 heterocycles. The largest absolute Gasteiger partial charge is 0.460 e. The monoisotopic (exact) mass is 314 g/mol. The van der Waals surface area contributed by atoms with Crippen LogP contribution < -0.4 is 0 Å². The summed E-state index contributed by atoms with van der Waals surface area (Å²) < 4.78 is 5.95. The van der Waals surface area contributed by atoms with Crippen LogP contribution in [0.4, 0.5) is 0 Å². The van der Waals surface area contributed by atoms with E-state index >= 15 is 0 Å². The first-order valence-corrected chi connectivity index (χ1v) is 6.86. The molecule has 0 fully saturated rings. The Morgan fingerprint density at radius 3 is 1.83 bits per heavy atom. The molecule has 2 nitrogen and oxygen atoms in total. The maximum atomic E-state index is 10.2. The standard InChI is InChI=1S/C9H11Br.C6H12O2/c1-7(2)8-3-5-9(10)6-4-8;1-5(7)8-6(2,3)4/h3-7H,1-2H3;1-4H3. The molecule has 3 heteroatoms. The van der Waals surface area contributed by atoms with E-state index in [4.69, 9.17) is 4.74 Å². The minimum atomic E-state index is -0.328. The van der Waals surface area contributed by atoms with Crippen molar-refractivity contribution < 1.29 is 9.53 Å². The number of benzene rings is 1. The molecule has 0 aromatic heterocycles. The summed E-state index contributed by atoms with van der Waals surface area (Å²) in [5, 5.41) is 0. The molecule has 0 amide bonds. The fraction of sp³-hybridized carbons (Fsp3) is 0.533. The van der Waals surface area contributed by atoms with Gasteiger partial charge >= 0.3 is 5.97 Å². The molecule has 0 spiro atoms. The van der Waals surface area contributed by atoms with Crippen molar-refractivity contribution in [1.82, 2.24) is 0 Å². The molecule has 1 aromatic carbocycles. The van der Waals surface area contributed by atoms with E-state index in [9.17, 15) is 4.79 Å². The number of ether oxygens (including phenoxy) is 1. The molecule has 1 rings (SSSR count). The predicted octanol–water partition coefficient (Wildman–Crippen LogP) is 4.92. The zero-order valence-corrected chi connectivity index (χ0v) is 13.7. The van der Waals surface area contributed by atoms with Crippen LogP contribution in [0.1, 0.15) is 53.0 Å². The van der Waals surface area contributed by atoms with Crippen LogP contribution in [-0.4, -0.2) is 11.6 Å². The van der Waals surface area contributed by atoms with E-state index in [0.717, 1.165) is 4.47 Å². The molecule has 0 unspecified atom stereocenters. The molecule has 1 aromatic rings. The van der Waals surface area contributed by atoms with Crippen LogP contribution in [0.25, 0.3) is 0 Å². The zero-order chi connectivity index (χ0) is 14.3. The van der Waals surface area contributed by atoms with E-state index in [1.807, 2.05) is 20.8 Å². The second-order valence-electron chi connectivity index (χ2n) is 5.41. The molecule has 0 radical (unpaired) electrons. The quantitative estimate of drug-likeness (QED) is 0.688. The SMILES string of the molecule is CC(=O)OC(C)(C)C.CC(C)c1ccc(Br)cc1. The highest BCUT2D eigenvalue weighted by Gasteiger charge is 2.11. The maximum Gasteiger partial charge on any atom is 0.303 e. The van der Waals surface area contributed by atoms with Gasteiger partial charge in [0, 0.05) is 11.4 Å². The lowest BCUT2D eigenvalue weighted by atomic mass is 10.0. The minimum Gasteiger partial charge on any atom is -0.460 e. The van der Waals surface area contributed by atoms with Crippen molar-refractivity contribution in [3.8, 4) is 0 Å². The summed E-state index contributed by atoms with van der Waals surface area (Å²) in [5.74, 6) is 0.408. The summed E-state index contributed by atoms with van der Waals surface area (Å²) in [6.45, 7) is 11.3. The Balaban J connectivity index is 0.000000331. The third-order valence-corrected chi connectivity index (χ3v) is 2.52. The van der Waals surface area contributed by atoms with E-state index in [2.05, 4.69) is 54.0 Å². The van der Waals surface area contributed by atoms with Gasteiger partial charge in [0.1, 0.15) is 5.60 Å². The Morgan fingerprint density at radius 2 is 1.61 bits per heavy atom. The van der Waals surface area contributed by atoms with Crippen molar-refractivity contribution in [2.75, 3.05) is 0 Å². The second kappa shape index (κ2) is 7.57. The molecular weight excluding hydrogens is 292 g/mol. The molecule has 0 aliphatic rings. The number of carbonyl (C=O) groups excluding carboxylic acids is 1. The van der Waals surface area contributed by atoms with Crippen LogP contribution in [0.3, 0.4) is 0 Å². The van der Waals surface area contributed by atoms with Crippen molar-refractivity contribution >= 4 is 21.9 Å². The summed E-state index contributed by atoms with van der Waals surface area (Å²) >= 11 is 3.39. The lowest BCUT2D eigenvalue weighted by Crippen LogP contribution is -2.21.